The highest BCUT2D eigenvalue weighted by Gasteiger charge is 2.11. The highest BCUT2D eigenvalue weighted by molar-refractivity contribution is 4.65. The number of hydrogen-bond donors (Lipinski definition) is 1. The molecule has 14 heavy (non-hydrogen) atoms. The Balaban J connectivity index is 3.66. The summed E-state index contributed by atoms with van der Waals surface area (Å²) in [5.74, 6) is 0. The van der Waals surface area contributed by atoms with Gasteiger partial charge < -0.3 is 9.84 Å². The lowest BCUT2D eigenvalue weighted by Crippen LogP contribution is -2.37. The second-order valence-electron chi connectivity index (χ2n) is 3.92. The van der Waals surface area contributed by atoms with E-state index in [1.165, 1.54) is 0 Å². The van der Waals surface area contributed by atoms with Crippen molar-refractivity contribution in [3.63, 3.8) is 0 Å². The number of ether oxygens (including phenoxy) is 1. The van der Waals surface area contributed by atoms with Crippen molar-refractivity contribution >= 4 is 0 Å². The van der Waals surface area contributed by atoms with Gasteiger partial charge in [0.1, 0.15) is 0 Å². The van der Waals surface area contributed by atoms with Crippen LogP contribution in [0, 0.1) is 0 Å². The zero-order valence-electron chi connectivity index (χ0n) is 9.99. The zero-order valence-corrected chi connectivity index (χ0v) is 9.99. The minimum atomic E-state index is -0.175. The third-order valence-electron chi connectivity index (χ3n) is 2.50. The number of nitrogens with zero attached hydrogens (tertiary/aromatic N) is 1. The van der Waals surface area contributed by atoms with Gasteiger partial charge in [-0.15, -0.1) is 0 Å². The number of aliphatic hydroxyl groups is 1. The number of methoxy groups -OCH3 is 1. The van der Waals surface area contributed by atoms with Crippen LogP contribution in [0.2, 0.25) is 0 Å². The molecule has 0 amide bonds. The quantitative estimate of drug-likeness (QED) is 0.649. The van der Waals surface area contributed by atoms with Gasteiger partial charge in [0.15, 0.2) is 0 Å². The predicted octanol–water partition coefficient (Wildman–Crippen LogP) is 1.50. The van der Waals surface area contributed by atoms with Gasteiger partial charge in [0, 0.05) is 13.2 Å². The largest absolute Gasteiger partial charge is 0.393 e. The Bertz CT molecular complexity index is 128. The van der Waals surface area contributed by atoms with Crippen molar-refractivity contribution in [3.05, 3.63) is 0 Å². The van der Waals surface area contributed by atoms with Crippen molar-refractivity contribution in [2.24, 2.45) is 0 Å². The molecule has 0 aromatic rings. The van der Waals surface area contributed by atoms with E-state index in [0.717, 1.165) is 32.5 Å². The van der Waals surface area contributed by atoms with E-state index in [1.807, 2.05) is 6.92 Å². The van der Waals surface area contributed by atoms with E-state index in [1.54, 1.807) is 7.11 Å². The van der Waals surface area contributed by atoms with E-state index < -0.39 is 0 Å². The standard InChI is InChI=1S/C11H25NO2/c1-5-12(10(2)9-14-4)8-6-7-11(3)13/h10-11,13H,5-9H2,1-4H3. The smallest absolute Gasteiger partial charge is 0.0615 e. The number of likely N-dealkylation sites (N-methyl/N-ethyl adjacent to an activating group) is 1. The molecule has 0 aliphatic rings. The molecule has 0 aromatic carbocycles. The van der Waals surface area contributed by atoms with Crippen molar-refractivity contribution < 1.29 is 9.84 Å². The molecule has 0 fully saturated rings. The van der Waals surface area contributed by atoms with Gasteiger partial charge in [-0.3, -0.25) is 4.90 Å². The van der Waals surface area contributed by atoms with Crippen molar-refractivity contribution in [1.29, 1.82) is 0 Å². The third-order valence-corrected chi connectivity index (χ3v) is 2.50. The minimum Gasteiger partial charge on any atom is -0.393 e. The molecule has 3 heteroatoms. The molecule has 0 aromatic heterocycles. The summed E-state index contributed by atoms with van der Waals surface area (Å²) >= 11 is 0. The normalized spacial score (nSPS) is 15.9. The Morgan fingerprint density at radius 3 is 2.43 bits per heavy atom. The molecule has 0 heterocycles. The van der Waals surface area contributed by atoms with Crippen LogP contribution in [-0.4, -0.2) is 49.0 Å². The lowest BCUT2D eigenvalue weighted by Gasteiger charge is -2.27. The molecule has 86 valence electrons. The zero-order chi connectivity index (χ0) is 11.0. The van der Waals surface area contributed by atoms with Crippen LogP contribution in [0.5, 0.6) is 0 Å². The van der Waals surface area contributed by atoms with E-state index >= 15 is 0 Å². The van der Waals surface area contributed by atoms with Crippen LogP contribution in [0.3, 0.4) is 0 Å². The Labute approximate surface area is 88.1 Å². The molecule has 0 aliphatic carbocycles. The Morgan fingerprint density at radius 2 is 2.00 bits per heavy atom. The van der Waals surface area contributed by atoms with Crippen molar-refractivity contribution in [3.8, 4) is 0 Å². The number of aliphatic hydroxyl groups excluding tert-OH is 1. The third kappa shape index (κ3) is 6.35. The second kappa shape index (κ2) is 8.21. The van der Waals surface area contributed by atoms with Crippen LogP contribution in [0.15, 0.2) is 0 Å². The highest BCUT2D eigenvalue weighted by Crippen LogP contribution is 2.04. The molecule has 0 saturated heterocycles. The molecular weight excluding hydrogens is 178 g/mol. The average Bonchev–Trinajstić information content (AvgIpc) is 2.12. The molecule has 0 rings (SSSR count). The van der Waals surface area contributed by atoms with E-state index in [0.29, 0.717) is 6.04 Å². The Kier molecular flexibility index (Phi) is 8.14. The van der Waals surface area contributed by atoms with E-state index in [9.17, 15) is 0 Å². The van der Waals surface area contributed by atoms with E-state index in [2.05, 4.69) is 18.7 Å². The summed E-state index contributed by atoms with van der Waals surface area (Å²) in [5.41, 5.74) is 0. The molecule has 0 bridgehead atoms. The maximum Gasteiger partial charge on any atom is 0.0615 e. The number of hydrogen-bond acceptors (Lipinski definition) is 3. The lowest BCUT2D eigenvalue weighted by atomic mass is 10.2. The molecule has 2 unspecified atom stereocenters. The SMILES string of the molecule is CCN(CCCC(C)O)C(C)COC. The van der Waals surface area contributed by atoms with Gasteiger partial charge in [-0.1, -0.05) is 6.92 Å². The summed E-state index contributed by atoms with van der Waals surface area (Å²) in [5, 5.41) is 9.14. The van der Waals surface area contributed by atoms with E-state index in [4.69, 9.17) is 9.84 Å². The van der Waals surface area contributed by atoms with Crippen LogP contribution >= 0.6 is 0 Å². The first-order chi connectivity index (χ1) is 6.61. The van der Waals surface area contributed by atoms with Crippen LogP contribution in [0.1, 0.15) is 33.6 Å². The molecule has 3 nitrogen and oxygen atoms in total. The van der Waals surface area contributed by atoms with Crippen molar-refractivity contribution in [1.82, 2.24) is 4.90 Å². The molecule has 0 radical (unpaired) electrons. The summed E-state index contributed by atoms with van der Waals surface area (Å²) in [7, 11) is 1.74. The van der Waals surface area contributed by atoms with Gasteiger partial charge in [-0.2, -0.15) is 0 Å². The van der Waals surface area contributed by atoms with Gasteiger partial charge in [-0.25, -0.2) is 0 Å². The lowest BCUT2D eigenvalue weighted by molar-refractivity contribution is 0.0969. The van der Waals surface area contributed by atoms with E-state index in [-0.39, 0.29) is 6.10 Å². The summed E-state index contributed by atoms with van der Waals surface area (Å²) in [6.07, 6.45) is 1.77. The van der Waals surface area contributed by atoms with Gasteiger partial charge >= 0.3 is 0 Å². The fourth-order valence-electron chi connectivity index (χ4n) is 1.63. The monoisotopic (exact) mass is 203 g/mol. The Hall–Kier alpha value is -0.120. The van der Waals surface area contributed by atoms with Gasteiger partial charge in [-0.05, 0) is 39.8 Å². The van der Waals surface area contributed by atoms with Gasteiger partial charge in [0.25, 0.3) is 0 Å². The fraction of sp³-hybridized carbons (Fsp3) is 1.00. The highest BCUT2D eigenvalue weighted by atomic mass is 16.5. The van der Waals surface area contributed by atoms with Crippen LogP contribution < -0.4 is 0 Å². The second-order valence-corrected chi connectivity index (χ2v) is 3.92. The summed E-state index contributed by atoms with van der Waals surface area (Å²) < 4.78 is 5.12. The van der Waals surface area contributed by atoms with Gasteiger partial charge in [0.2, 0.25) is 0 Å². The fourth-order valence-corrected chi connectivity index (χ4v) is 1.63. The first kappa shape index (κ1) is 13.9. The maximum absolute atomic E-state index is 9.14. The molecule has 0 saturated carbocycles. The Morgan fingerprint density at radius 1 is 1.36 bits per heavy atom. The first-order valence-electron chi connectivity index (χ1n) is 5.52. The van der Waals surface area contributed by atoms with Crippen molar-refractivity contribution in [2.75, 3.05) is 26.8 Å². The summed E-state index contributed by atoms with van der Waals surface area (Å²) in [6.45, 7) is 9.05. The average molecular weight is 203 g/mol. The molecule has 0 spiro atoms. The summed E-state index contributed by atoms with van der Waals surface area (Å²) in [6, 6.07) is 0.471. The number of rotatable bonds is 8. The predicted molar refractivity (Wildman–Crippen MR) is 59.5 cm³/mol. The molecule has 2 atom stereocenters. The molecule has 1 N–H and O–H groups in total. The molecule has 0 aliphatic heterocycles. The first-order valence-corrected chi connectivity index (χ1v) is 5.52. The topological polar surface area (TPSA) is 32.7 Å². The van der Waals surface area contributed by atoms with Crippen LogP contribution in [-0.2, 0) is 4.74 Å². The summed E-state index contributed by atoms with van der Waals surface area (Å²) in [4.78, 5) is 2.38. The van der Waals surface area contributed by atoms with Crippen LogP contribution in [0.4, 0.5) is 0 Å². The molecular formula is C11H25NO2. The maximum atomic E-state index is 9.14. The van der Waals surface area contributed by atoms with Gasteiger partial charge in [0.05, 0.1) is 12.7 Å². The minimum absolute atomic E-state index is 0.175. The van der Waals surface area contributed by atoms with Crippen LogP contribution in [0.25, 0.3) is 0 Å². The van der Waals surface area contributed by atoms with Crippen molar-refractivity contribution in [2.45, 2.75) is 45.8 Å².